The lowest BCUT2D eigenvalue weighted by Gasteiger charge is -2.32. The van der Waals surface area contributed by atoms with Crippen molar-refractivity contribution in [1.29, 1.82) is 0 Å². The molecule has 26 heavy (non-hydrogen) atoms. The van der Waals surface area contributed by atoms with Crippen molar-refractivity contribution in [3.05, 3.63) is 47.7 Å². The molecular formula is C21H27N3O2. The van der Waals surface area contributed by atoms with E-state index in [0.717, 1.165) is 49.2 Å². The molecule has 2 heterocycles. The fourth-order valence-corrected chi connectivity index (χ4v) is 3.34. The molecule has 5 nitrogen and oxygen atoms in total. The van der Waals surface area contributed by atoms with Gasteiger partial charge in [-0.3, -0.25) is 4.79 Å². The van der Waals surface area contributed by atoms with E-state index in [1.54, 1.807) is 0 Å². The molecule has 0 unspecified atom stereocenters. The first kappa shape index (κ1) is 18.4. The molecule has 2 aromatic rings. The molecule has 1 atom stereocenters. The molecule has 138 valence electrons. The Kier molecular flexibility index (Phi) is 5.89. The third-order valence-electron chi connectivity index (χ3n) is 4.73. The number of rotatable bonds is 5. The highest BCUT2D eigenvalue weighted by Gasteiger charge is 2.24. The molecule has 1 saturated heterocycles. The minimum absolute atomic E-state index is 0.0661. The van der Waals surface area contributed by atoms with E-state index >= 15 is 0 Å². The average molecular weight is 353 g/mol. The van der Waals surface area contributed by atoms with Crippen LogP contribution in [0.3, 0.4) is 0 Å². The molecule has 0 aliphatic carbocycles. The van der Waals surface area contributed by atoms with Gasteiger partial charge in [0.05, 0.1) is 6.10 Å². The molecule has 1 aromatic heterocycles. The van der Waals surface area contributed by atoms with Crippen molar-refractivity contribution in [1.82, 2.24) is 9.88 Å². The number of likely N-dealkylation sites (tertiary alicyclic amines) is 1. The minimum atomic E-state index is 0.0661. The van der Waals surface area contributed by atoms with Crippen LogP contribution in [-0.2, 0) is 4.74 Å². The standard InChI is InChI=1S/C21H27N3O2/c1-3-13-26-18-5-4-12-24(14-18)21(25)17-9-7-16(8-10-17)19-11-6-15(2)23-20(19)22/h6-11,18H,3-5,12-14H2,1-2H3,(H2,22,23)/t18-/m0/s1. The third-order valence-corrected chi connectivity index (χ3v) is 4.73. The Morgan fingerprint density at radius 3 is 2.73 bits per heavy atom. The summed E-state index contributed by atoms with van der Waals surface area (Å²) < 4.78 is 5.83. The van der Waals surface area contributed by atoms with Crippen LogP contribution in [0.25, 0.3) is 11.1 Å². The van der Waals surface area contributed by atoms with E-state index in [1.165, 1.54) is 0 Å². The fourth-order valence-electron chi connectivity index (χ4n) is 3.34. The van der Waals surface area contributed by atoms with Gasteiger partial charge in [-0.05, 0) is 56.0 Å². The number of benzene rings is 1. The summed E-state index contributed by atoms with van der Waals surface area (Å²) in [6.07, 6.45) is 3.18. The largest absolute Gasteiger partial charge is 0.383 e. The van der Waals surface area contributed by atoms with Gasteiger partial charge >= 0.3 is 0 Å². The Labute approximate surface area is 155 Å². The Hall–Kier alpha value is -2.40. The van der Waals surface area contributed by atoms with E-state index in [0.29, 0.717) is 17.9 Å². The number of nitrogens with zero attached hydrogens (tertiary/aromatic N) is 2. The number of piperidine rings is 1. The molecule has 3 rings (SSSR count). The Balaban J connectivity index is 1.70. The van der Waals surface area contributed by atoms with Crippen molar-refractivity contribution in [2.45, 2.75) is 39.2 Å². The first-order chi connectivity index (χ1) is 12.6. The van der Waals surface area contributed by atoms with E-state index in [1.807, 2.05) is 48.2 Å². The summed E-state index contributed by atoms with van der Waals surface area (Å²) in [5.74, 6) is 0.576. The normalized spacial score (nSPS) is 17.3. The van der Waals surface area contributed by atoms with Gasteiger partial charge in [0.2, 0.25) is 0 Å². The van der Waals surface area contributed by atoms with Crippen LogP contribution < -0.4 is 5.73 Å². The van der Waals surface area contributed by atoms with Crippen LogP contribution in [0.15, 0.2) is 36.4 Å². The topological polar surface area (TPSA) is 68.5 Å². The van der Waals surface area contributed by atoms with Gasteiger partial charge < -0.3 is 15.4 Å². The first-order valence-corrected chi connectivity index (χ1v) is 9.33. The highest BCUT2D eigenvalue weighted by molar-refractivity contribution is 5.95. The zero-order valence-corrected chi connectivity index (χ0v) is 15.6. The number of hydrogen-bond acceptors (Lipinski definition) is 4. The van der Waals surface area contributed by atoms with Crippen molar-refractivity contribution >= 4 is 11.7 Å². The van der Waals surface area contributed by atoms with Crippen molar-refractivity contribution in [2.24, 2.45) is 0 Å². The van der Waals surface area contributed by atoms with Gasteiger partial charge in [-0.2, -0.15) is 0 Å². The summed E-state index contributed by atoms with van der Waals surface area (Å²) in [4.78, 5) is 19.0. The number of pyridine rings is 1. The molecule has 0 saturated carbocycles. The van der Waals surface area contributed by atoms with Gasteiger partial charge in [-0.15, -0.1) is 0 Å². The van der Waals surface area contributed by atoms with Crippen molar-refractivity contribution in [3.63, 3.8) is 0 Å². The molecular weight excluding hydrogens is 326 g/mol. The second-order valence-corrected chi connectivity index (χ2v) is 6.85. The summed E-state index contributed by atoms with van der Waals surface area (Å²) in [7, 11) is 0. The van der Waals surface area contributed by atoms with E-state index in [-0.39, 0.29) is 12.0 Å². The van der Waals surface area contributed by atoms with E-state index in [4.69, 9.17) is 10.5 Å². The Morgan fingerprint density at radius 2 is 2.04 bits per heavy atom. The zero-order valence-electron chi connectivity index (χ0n) is 15.6. The molecule has 5 heteroatoms. The molecule has 1 aliphatic heterocycles. The number of nitrogen functional groups attached to an aromatic ring is 1. The second-order valence-electron chi connectivity index (χ2n) is 6.85. The Morgan fingerprint density at radius 1 is 1.27 bits per heavy atom. The monoisotopic (exact) mass is 353 g/mol. The van der Waals surface area contributed by atoms with Crippen LogP contribution in [0.5, 0.6) is 0 Å². The van der Waals surface area contributed by atoms with Crippen LogP contribution in [0.1, 0.15) is 42.2 Å². The average Bonchev–Trinajstić information content (AvgIpc) is 2.66. The number of carbonyl (C=O) groups excluding carboxylic acids is 1. The van der Waals surface area contributed by atoms with E-state index in [9.17, 15) is 4.79 Å². The van der Waals surface area contributed by atoms with Gasteiger partial charge in [0.25, 0.3) is 5.91 Å². The quantitative estimate of drug-likeness (QED) is 0.890. The maximum Gasteiger partial charge on any atom is 0.253 e. The fraction of sp³-hybridized carbons (Fsp3) is 0.429. The summed E-state index contributed by atoms with van der Waals surface area (Å²) in [6.45, 7) is 6.24. The maximum atomic E-state index is 12.8. The highest BCUT2D eigenvalue weighted by atomic mass is 16.5. The van der Waals surface area contributed by atoms with Crippen molar-refractivity contribution in [3.8, 4) is 11.1 Å². The molecule has 2 N–H and O–H groups in total. The minimum Gasteiger partial charge on any atom is -0.383 e. The summed E-state index contributed by atoms with van der Waals surface area (Å²) >= 11 is 0. The lowest BCUT2D eigenvalue weighted by Crippen LogP contribution is -2.43. The number of ether oxygens (including phenoxy) is 1. The van der Waals surface area contributed by atoms with E-state index < -0.39 is 0 Å². The van der Waals surface area contributed by atoms with Gasteiger partial charge in [0.1, 0.15) is 5.82 Å². The van der Waals surface area contributed by atoms with Gasteiger partial charge in [-0.1, -0.05) is 19.1 Å². The number of aromatic nitrogens is 1. The van der Waals surface area contributed by atoms with Gasteiger partial charge in [-0.25, -0.2) is 4.98 Å². The molecule has 1 fully saturated rings. The predicted octanol–water partition coefficient (Wildman–Crippen LogP) is 3.67. The molecule has 0 radical (unpaired) electrons. The molecule has 0 spiro atoms. The number of nitrogens with two attached hydrogens (primary N) is 1. The summed E-state index contributed by atoms with van der Waals surface area (Å²) in [6, 6.07) is 11.5. The number of amides is 1. The SMILES string of the molecule is CCCO[C@H]1CCCN(C(=O)c2ccc(-c3ccc(C)nc3N)cc2)C1. The summed E-state index contributed by atoms with van der Waals surface area (Å²) in [5.41, 5.74) is 9.47. The Bertz CT molecular complexity index is 758. The van der Waals surface area contributed by atoms with Crippen molar-refractivity contribution < 1.29 is 9.53 Å². The van der Waals surface area contributed by atoms with Gasteiger partial charge in [0, 0.05) is 36.5 Å². The van der Waals surface area contributed by atoms with Crippen LogP contribution >= 0.6 is 0 Å². The number of anilines is 1. The van der Waals surface area contributed by atoms with E-state index in [2.05, 4.69) is 11.9 Å². The lowest BCUT2D eigenvalue weighted by molar-refractivity contribution is 0.00211. The van der Waals surface area contributed by atoms with Crippen LogP contribution in [0, 0.1) is 6.92 Å². The first-order valence-electron chi connectivity index (χ1n) is 9.33. The van der Waals surface area contributed by atoms with Crippen LogP contribution in [-0.4, -0.2) is 41.6 Å². The van der Waals surface area contributed by atoms with Crippen LogP contribution in [0.2, 0.25) is 0 Å². The smallest absolute Gasteiger partial charge is 0.253 e. The highest BCUT2D eigenvalue weighted by Crippen LogP contribution is 2.25. The molecule has 1 aliphatic rings. The molecule has 1 amide bonds. The second kappa shape index (κ2) is 8.32. The predicted molar refractivity (Wildman–Crippen MR) is 104 cm³/mol. The maximum absolute atomic E-state index is 12.8. The lowest BCUT2D eigenvalue weighted by atomic mass is 10.0. The zero-order chi connectivity index (χ0) is 18.5. The van der Waals surface area contributed by atoms with Crippen molar-refractivity contribution in [2.75, 3.05) is 25.4 Å². The molecule has 1 aromatic carbocycles. The van der Waals surface area contributed by atoms with Gasteiger partial charge in [0.15, 0.2) is 0 Å². The summed E-state index contributed by atoms with van der Waals surface area (Å²) in [5, 5.41) is 0. The number of hydrogen-bond donors (Lipinski definition) is 1. The third kappa shape index (κ3) is 4.22. The molecule has 0 bridgehead atoms. The number of carbonyl (C=O) groups is 1. The van der Waals surface area contributed by atoms with Crippen LogP contribution in [0.4, 0.5) is 5.82 Å². The number of aryl methyl sites for hydroxylation is 1.